The van der Waals surface area contributed by atoms with Gasteiger partial charge in [0.25, 0.3) is 0 Å². The molecule has 0 aromatic heterocycles. The van der Waals surface area contributed by atoms with Crippen molar-refractivity contribution in [1.29, 1.82) is 0 Å². The van der Waals surface area contributed by atoms with Crippen molar-refractivity contribution in [1.82, 2.24) is 4.90 Å². The summed E-state index contributed by atoms with van der Waals surface area (Å²) in [6.45, 7) is 2.93. The van der Waals surface area contributed by atoms with Gasteiger partial charge in [-0.2, -0.15) is 0 Å². The molecule has 0 radical (unpaired) electrons. The maximum atomic E-state index is 12.2. The summed E-state index contributed by atoms with van der Waals surface area (Å²) in [7, 11) is 0. The highest BCUT2D eigenvalue weighted by Gasteiger charge is 2.13. The molecule has 4 heteroatoms. The van der Waals surface area contributed by atoms with Crippen molar-refractivity contribution in [3.05, 3.63) is 29.8 Å². The van der Waals surface area contributed by atoms with E-state index in [1.54, 1.807) is 6.08 Å². The van der Waals surface area contributed by atoms with Gasteiger partial charge in [0.2, 0.25) is 5.91 Å². The lowest BCUT2D eigenvalue weighted by molar-refractivity contribution is -0.125. The number of nitrogens with zero attached hydrogens (tertiary/aromatic N) is 1. The minimum atomic E-state index is 0.104. The molecule has 0 aliphatic carbocycles. The van der Waals surface area contributed by atoms with Crippen LogP contribution in [0.3, 0.4) is 0 Å². The number of ether oxygens (including phenoxy) is 2. The fourth-order valence-electron chi connectivity index (χ4n) is 2.73. The van der Waals surface area contributed by atoms with Gasteiger partial charge in [-0.25, -0.2) is 0 Å². The molecule has 4 nitrogen and oxygen atoms in total. The molecule has 1 amide bonds. The maximum Gasteiger partial charge on any atom is 0.246 e. The van der Waals surface area contributed by atoms with Crippen LogP contribution in [0.2, 0.25) is 0 Å². The third kappa shape index (κ3) is 3.57. The van der Waals surface area contributed by atoms with Crippen LogP contribution < -0.4 is 9.47 Å². The predicted octanol–water partition coefficient (Wildman–Crippen LogP) is 2.87. The largest absolute Gasteiger partial charge is 0.486 e. The van der Waals surface area contributed by atoms with Crippen LogP contribution in [0.15, 0.2) is 24.3 Å². The standard InChI is InChI=1S/C17H21NO3/c19-17(18-9-3-1-2-4-10-18)8-6-14-5-7-15-16(13-14)21-12-11-20-15/h5-8,13H,1-4,9-12H2/b8-6+. The normalized spacial score (nSPS) is 18.6. The summed E-state index contributed by atoms with van der Waals surface area (Å²) in [5.74, 6) is 1.63. The number of carbonyl (C=O) groups excluding carboxylic acids is 1. The Labute approximate surface area is 125 Å². The average molecular weight is 287 g/mol. The molecule has 2 aliphatic rings. The van der Waals surface area contributed by atoms with E-state index in [9.17, 15) is 4.79 Å². The topological polar surface area (TPSA) is 38.8 Å². The number of benzene rings is 1. The van der Waals surface area contributed by atoms with E-state index >= 15 is 0 Å². The van der Waals surface area contributed by atoms with Crippen molar-refractivity contribution in [2.75, 3.05) is 26.3 Å². The number of likely N-dealkylation sites (tertiary alicyclic amines) is 1. The van der Waals surface area contributed by atoms with Gasteiger partial charge in [-0.05, 0) is 36.6 Å². The van der Waals surface area contributed by atoms with E-state index in [0.717, 1.165) is 43.0 Å². The van der Waals surface area contributed by atoms with Crippen LogP contribution in [0.5, 0.6) is 11.5 Å². The molecule has 112 valence electrons. The quantitative estimate of drug-likeness (QED) is 0.785. The van der Waals surface area contributed by atoms with Crippen LogP contribution in [0.1, 0.15) is 31.2 Å². The number of hydrogen-bond acceptors (Lipinski definition) is 3. The summed E-state index contributed by atoms with van der Waals surface area (Å²) < 4.78 is 11.0. The summed E-state index contributed by atoms with van der Waals surface area (Å²) in [6, 6.07) is 5.75. The lowest BCUT2D eigenvalue weighted by Crippen LogP contribution is -2.30. The van der Waals surface area contributed by atoms with E-state index in [-0.39, 0.29) is 5.91 Å². The lowest BCUT2D eigenvalue weighted by Gasteiger charge is -2.19. The minimum Gasteiger partial charge on any atom is -0.486 e. The highest BCUT2D eigenvalue weighted by Crippen LogP contribution is 2.31. The van der Waals surface area contributed by atoms with Crippen molar-refractivity contribution in [2.45, 2.75) is 25.7 Å². The number of rotatable bonds is 2. The second kappa shape index (κ2) is 6.66. The highest BCUT2D eigenvalue weighted by molar-refractivity contribution is 5.91. The zero-order valence-electron chi connectivity index (χ0n) is 12.2. The van der Waals surface area contributed by atoms with Gasteiger partial charge in [0, 0.05) is 19.2 Å². The monoisotopic (exact) mass is 287 g/mol. The van der Waals surface area contributed by atoms with Gasteiger partial charge in [-0.15, -0.1) is 0 Å². The Bertz CT molecular complexity index is 531. The van der Waals surface area contributed by atoms with Gasteiger partial charge in [0.15, 0.2) is 11.5 Å². The van der Waals surface area contributed by atoms with E-state index in [2.05, 4.69) is 0 Å². The molecule has 0 unspecified atom stereocenters. The van der Waals surface area contributed by atoms with Gasteiger partial charge in [-0.3, -0.25) is 4.79 Å². The zero-order chi connectivity index (χ0) is 14.5. The van der Waals surface area contributed by atoms with Crippen LogP contribution in [-0.4, -0.2) is 37.1 Å². The van der Waals surface area contributed by atoms with E-state index in [0.29, 0.717) is 13.2 Å². The molecule has 0 spiro atoms. The Kier molecular flexibility index (Phi) is 4.43. The predicted molar refractivity (Wildman–Crippen MR) is 81.5 cm³/mol. The van der Waals surface area contributed by atoms with Gasteiger partial charge >= 0.3 is 0 Å². The van der Waals surface area contributed by atoms with Crippen LogP contribution >= 0.6 is 0 Å². The molecule has 0 N–H and O–H groups in total. The maximum absolute atomic E-state index is 12.2. The molecule has 1 aromatic rings. The summed E-state index contributed by atoms with van der Waals surface area (Å²) in [5.41, 5.74) is 0.961. The molecule has 1 aromatic carbocycles. The molecule has 0 saturated carbocycles. The first-order valence-electron chi connectivity index (χ1n) is 7.69. The van der Waals surface area contributed by atoms with E-state index < -0.39 is 0 Å². The summed E-state index contributed by atoms with van der Waals surface area (Å²) >= 11 is 0. The van der Waals surface area contributed by atoms with Crippen molar-refractivity contribution in [3.8, 4) is 11.5 Å². The third-order valence-electron chi connectivity index (χ3n) is 3.90. The van der Waals surface area contributed by atoms with Crippen molar-refractivity contribution < 1.29 is 14.3 Å². The summed E-state index contributed by atoms with van der Waals surface area (Å²) in [6.07, 6.45) is 8.21. The average Bonchev–Trinajstić information content (AvgIpc) is 2.81. The second-order valence-electron chi connectivity index (χ2n) is 5.48. The smallest absolute Gasteiger partial charge is 0.246 e. The molecule has 0 bridgehead atoms. The molecule has 2 aliphatic heterocycles. The Hall–Kier alpha value is -1.97. The first-order chi connectivity index (χ1) is 10.3. The molecule has 0 atom stereocenters. The van der Waals surface area contributed by atoms with Gasteiger partial charge < -0.3 is 14.4 Å². The minimum absolute atomic E-state index is 0.104. The zero-order valence-corrected chi connectivity index (χ0v) is 12.2. The van der Waals surface area contributed by atoms with Crippen LogP contribution in [0, 0.1) is 0 Å². The third-order valence-corrected chi connectivity index (χ3v) is 3.90. The Morgan fingerprint density at radius 3 is 2.48 bits per heavy atom. The SMILES string of the molecule is O=C(/C=C/c1ccc2c(c1)OCCO2)N1CCCCCC1. The van der Waals surface area contributed by atoms with Gasteiger partial charge in [-0.1, -0.05) is 18.9 Å². The van der Waals surface area contributed by atoms with Gasteiger partial charge in [0.05, 0.1) is 0 Å². The summed E-state index contributed by atoms with van der Waals surface area (Å²) in [4.78, 5) is 14.1. The van der Waals surface area contributed by atoms with E-state index in [4.69, 9.17) is 9.47 Å². The first kappa shape index (κ1) is 14.0. The molecular weight excluding hydrogens is 266 g/mol. The Balaban J connectivity index is 1.66. The lowest BCUT2D eigenvalue weighted by atomic mass is 10.1. The number of fused-ring (bicyclic) bond motifs is 1. The van der Waals surface area contributed by atoms with Crippen molar-refractivity contribution >= 4 is 12.0 Å². The first-order valence-corrected chi connectivity index (χ1v) is 7.69. The van der Waals surface area contributed by atoms with Crippen molar-refractivity contribution in [3.63, 3.8) is 0 Å². The molecule has 21 heavy (non-hydrogen) atoms. The van der Waals surface area contributed by atoms with E-state index in [1.807, 2.05) is 29.2 Å². The van der Waals surface area contributed by atoms with Crippen LogP contribution in [-0.2, 0) is 4.79 Å². The van der Waals surface area contributed by atoms with Crippen LogP contribution in [0.25, 0.3) is 6.08 Å². The number of amides is 1. The van der Waals surface area contributed by atoms with Gasteiger partial charge in [0.1, 0.15) is 13.2 Å². The second-order valence-corrected chi connectivity index (χ2v) is 5.48. The Morgan fingerprint density at radius 2 is 1.71 bits per heavy atom. The fourth-order valence-corrected chi connectivity index (χ4v) is 2.73. The number of carbonyl (C=O) groups is 1. The fraction of sp³-hybridized carbons (Fsp3) is 0.471. The van der Waals surface area contributed by atoms with E-state index in [1.165, 1.54) is 12.8 Å². The molecule has 2 heterocycles. The highest BCUT2D eigenvalue weighted by atomic mass is 16.6. The number of hydrogen-bond donors (Lipinski definition) is 0. The molecule has 3 rings (SSSR count). The van der Waals surface area contributed by atoms with Crippen molar-refractivity contribution in [2.24, 2.45) is 0 Å². The molecule has 1 fully saturated rings. The summed E-state index contributed by atoms with van der Waals surface area (Å²) in [5, 5.41) is 0. The van der Waals surface area contributed by atoms with Crippen LogP contribution in [0.4, 0.5) is 0 Å². The Morgan fingerprint density at radius 1 is 1.00 bits per heavy atom. The molecular formula is C17H21NO3. The molecule has 1 saturated heterocycles.